The van der Waals surface area contributed by atoms with Crippen molar-refractivity contribution in [3.05, 3.63) is 29.3 Å². The third-order valence-corrected chi connectivity index (χ3v) is 4.11. The van der Waals surface area contributed by atoms with Gasteiger partial charge in [-0.3, -0.25) is 4.90 Å². The predicted molar refractivity (Wildman–Crippen MR) is 76.0 cm³/mol. The SMILES string of the molecule is CCC(C)(C)CN1CCc2cc(OC)ccc2C1. The van der Waals surface area contributed by atoms with E-state index in [-0.39, 0.29) is 0 Å². The lowest BCUT2D eigenvalue weighted by Gasteiger charge is -2.35. The van der Waals surface area contributed by atoms with Crippen LogP contribution in [-0.4, -0.2) is 25.1 Å². The summed E-state index contributed by atoms with van der Waals surface area (Å²) in [4.78, 5) is 2.58. The van der Waals surface area contributed by atoms with Gasteiger partial charge in [0.2, 0.25) is 0 Å². The zero-order valence-electron chi connectivity index (χ0n) is 12.1. The number of hydrogen-bond acceptors (Lipinski definition) is 2. The molecule has 2 rings (SSSR count). The van der Waals surface area contributed by atoms with Gasteiger partial charge >= 0.3 is 0 Å². The van der Waals surface area contributed by atoms with Crippen LogP contribution in [-0.2, 0) is 13.0 Å². The Balaban J connectivity index is 2.06. The molecule has 0 amide bonds. The number of fused-ring (bicyclic) bond motifs is 1. The van der Waals surface area contributed by atoms with Crippen molar-refractivity contribution in [2.75, 3.05) is 20.2 Å². The van der Waals surface area contributed by atoms with Crippen LogP contribution in [0.3, 0.4) is 0 Å². The number of nitrogens with zero attached hydrogens (tertiary/aromatic N) is 1. The summed E-state index contributed by atoms with van der Waals surface area (Å²) in [6.07, 6.45) is 2.38. The molecule has 2 nitrogen and oxygen atoms in total. The highest BCUT2D eigenvalue weighted by molar-refractivity contribution is 5.37. The Bertz CT molecular complexity index is 412. The lowest BCUT2D eigenvalue weighted by Crippen LogP contribution is -2.37. The van der Waals surface area contributed by atoms with Crippen LogP contribution in [0.15, 0.2) is 18.2 Å². The van der Waals surface area contributed by atoms with Crippen molar-refractivity contribution in [1.82, 2.24) is 4.90 Å². The highest BCUT2D eigenvalue weighted by atomic mass is 16.5. The molecule has 0 unspecified atom stereocenters. The van der Waals surface area contributed by atoms with E-state index in [0.717, 1.165) is 18.7 Å². The third kappa shape index (κ3) is 3.05. The van der Waals surface area contributed by atoms with Crippen molar-refractivity contribution >= 4 is 0 Å². The molecule has 0 bridgehead atoms. The lowest BCUT2D eigenvalue weighted by molar-refractivity contribution is 0.160. The Hall–Kier alpha value is -1.02. The van der Waals surface area contributed by atoms with Gasteiger partial charge in [0.15, 0.2) is 0 Å². The summed E-state index contributed by atoms with van der Waals surface area (Å²) in [6.45, 7) is 10.4. The summed E-state index contributed by atoms with van der Waals surface area (Å²) in [6, 6.07) is 6.49. The second-order valence-electron chi connectivity index (χ2n) is 6.11. The molecule has 0 N–H and O–H groups in total. The van der Waals surface area contributed by atoms with Gasteiger partial charge in [0.25, 0.3) is 0 Å². The van der Waals surface area contributed by atoms with Gasteiger partial charge in [0, 0.05) is 19.6 Å². The molecule has 0 saturated carbocycles. The average molecular weight is 247 g/mol. The minimum atomic E-state index is 0.421. The van der Waals surface area contributed by atoms with E-state index in [4.69, 9.17) is 4.74 Å². The Morgan fingerprint density at radius 2 is 2.06 bits per heavy atom. The van der Waals surface area contributed by atoms with E-state index < -0.39 is 0 Å². The average Bonchev–Trinajstić information content (AvgIpc) is 2.37. The maximum atomic E-state index is 5.29. The second kappa shape index (κ2) is 5.31. The molecular formula is C16H25NO. The normalized spacial score (nSPS) is 16.4. The topological polar surface area (TPSA) is 12.5 Å². The van der Waals surface area contributed by atoms with Crippen LogP contribution < -0.4 is 4.74 Å². The molecule has 1 aliphatic rings. The number of methoxy groups -OCH3 is 1. The Morgan fingerprint density at radius 1 is 1.28 bits per heavy atom. The van der Waals surface area contributed by atoms with Crippen LogP contribution in [0.5, 0.6) is 5.75 Å². The predicted octanol–water partition coefficient (Wildman–Crippen LogP) is 3.49. The van der Waals surface area contributed by atoms with Gasteiger partial charge in [-0.25, -0.2) is 0 Å². The summed E-state index contributed by atoms with van der Waals surface area (Å²) in [5.41, 5.74) is 3.35. The molecular weight excluding hydrogens is 222 g/mol. The van der Waals surface area contributed by atoms with Crippen molar-refractivity contribution in [2.45, 2.75) is 40.2 Å². The zero-order chi connectivity index (χ0) is 13.2. The smallest absolute Gasteiger partial charge is 0.119 e. The second-order valence-corrected chi connectivity index (χ2v) is 6.11. The molecule has 1 heterocycles. The fraction of sp³-hybridized carbons (Fsp3) is 0.625. The van der Waals surface area contributed by atoms with Crippen LogP contribution in [0.25, 0.3) is 0 Å². The van der Waals surface area contributed by atoms with E-state index in [1.807, 2.05) is 0 Å². The molecule has 1 aromatic rings. The van der Waals surface area contributed by atoms with E-state index in [1.165, 1.54) is 30.6 Å². The molecule has 0 aromatic heterocycles. The van der Waals surface area contributed by atoms with Crippen molar-refractivity contribution in [1.29, 1.82) is 0 Å². The highest BCUT2D eigenvalue weighted by Crippen LogP contribution is 2.27. The monoisotopic (exact) mass is 247 g/mol. The molecule has 1 aliphatic heterocycles. The number of benzene rings is 1. The Labute approximate surface area is 111 Å². The molecule has 18 heavy (non-hydrogen) atoms. The third-order valence-electron chi connectivity index (χ3n) is 4.11. The first-order valence-electron chi connectivity index (χ1n) is 6.92. The van der Waals surface area contributed by atoms with E-state index >= 15 is 0 Å². The maximum Gasteiger partial charge on any atom is 0.119 e. The van der Waals surface area contributed by atoms with Crippen LogP contribution in [0, 0.1) is 5.41 Å². The van der Waals surface area contributed by atoms with Gasteiger partial charge in [-0.05, 0) is 41.5 Å². The van der Waals surface area contributed by atoms with Gasteiger partial charge in [-0.15, -0.1) is 0 Å². The molecule has 0 spiro atoms. The van der Waals surface area contributed by atoms with Gasteiger partial charge in [-0.1, -0.05) is 26.8 Å². The van der Waals surface area contributed by atoms with Gasteiger partial charge in [0.1, 0.15) is 5.75 Å². The summed E-state index contributed by atoms with van der Waals surface area (Å²) in [7, 11) is 1.74. The van der Waals surface area contributed by atoms with Crippen molar-refractivity contribution < 1.29 is 4.74 Å². The standard InChI is InChI=1S/C16H25NO/c1-5-16(2,3)12-17-9-8-13-10-15(18-4)7-6-14(13)11-17/h6-7,10H,5,8-9,11-12H2,1-4H3. The quantitative estimate of drug-likeness (QED) is 0.807. The fourth-order valence-electron chi connectivity index (χ4n) is 2.57. The Kier molecular flexibility index (Phi) is 3.96. The molecule has 0 aliphatic carbocycles. The first kappa shape index (κ1) is 13.4. The molecule has 0 radical (unpaired) electrons. The van der Waals surface area contributed by atoms with E-state index in [1.54, 1.807) is 7.11 Å². The fourth-order valence-corrected chi connectivity index (χ4v) is 2.57. The molecule has 0 fully saturated rings. The highest BCUT2D eigenvalue weighted by Gasteiger charge is 2.23. The minimum absolute atomic E-state index is 0.421. The summed E-state index contributed by atoms with van der Waals surface area (Å²) < 4.78 is 5.29. The van der Waals surface area contributed by atoms with Crippen molar-refractivity contribution in [3.8, 4) is 5.75 Å². The molecule has 0 saturated heterocycles. The first-order chi connectivity index (χ1) is 8.54. The maximum absolute atomic E-state index is 5.29. The molecule has 0 atom stereocenters. The van der Waals surface area contributed by atoms with Crippen LogP contribution in [0.4, 0.5) is 0 Å². The minimum Gasteiger partial charge on any atom is -0.497 e. The number of hydrogen-bond donors (Lipinski definition) is 0. The first-order valence-corrected chi connectivity index (χ1v) is 6.92. The summed E-state index contributed by atoms with van der Waals surface area (Å²) in [5.74, 6) is 0.982. The van der Waals surface area contributed by atoms with Gasteiger partial charge < -0.3 is 4.74 Å². The molecule has 1 aromatic carbocycles. The summed E-state index contributed by atoms with van der Waals surface area (Å²) >= 11 is 0. The van der Waals surface area contributed by atoms with E-state index in [9.17, 15) is 0 Å². The largest absolute Gasteiger partial charge is 0.497 e. The van der Waals surface area contributed by atoms with Crippen molar-refractivity contribution in [3.63, 3.8) is 0 Å². The van der Waals surface area contributed by atoms with Gasteiger partial charge in [0.05, 0.1) is 7.11 Å². The molecule has 100 valence electrons. The van der Waals surface area contributed by atoms with Crippen LogP contribution >= 0.6 is 0 Å². The molecule has 2 heteroatoms. The van der Waals surface area contributed by atoms with Crippen molar-refractivity contribution in [2.24, 2.45) is 5.41 Å². The van der Waals surface area contributed by atoms with Gasteiger partial charge in [-0.2, -0.15) is 0 Å². The van der Waals surface area contributed by atoms with Crippen LogP contribution in [0.2, 0.25) is 0 Å². The Morgan fingerprint density at radius 3 is 2.72 bits per heavy atom. The lowest BCUT2D eigenvalue weighted by atomic mass is 9.88. The summed E-state index contributed by atoms with van der Waals surface area (Å²) in [5, 5.41) is 0. The number of ether oxygens (including phenoxy) is 1. The van der Waals surface area contributed by atoms with Crippen LogP contribution in [0.1, 0.15) is 38.3 Å². The van der Waals surface area contributed by atoms with E-state index in [2.05, 4.69) is 43.9 Å². The van der Waals surface area contributed by atoms with E-state index in [0.29, 0.717) is 5.41 Å². The zero-order valence-corrected chi connectivity index (χ0v) is 12.1. The number of rotatable bonds is 4.